The minimum atomic E-state index is -1.04. The maximum atomic E-state index is 14.3. The molecule has 1 aliphatic heterocycles. The van der Waals surface area contributed by atoms with E-state index < -0.39 is 17.6 Å². The summed E-state index contributed by atoms with van der Waals surface area (Å²) in [5.74, 6) is -0.0465. The number of nitrogens with zero attached hydrogens (tertiary/aromatic N) is 1. The fourth-order valence-electron chi connectivity index (χ4n) is 2.43. The van der Waals surface area contributed by atoms with E-state index in [-0.39, 0.29) is 17.2 Å². The summed E-state index contributed by atoms with van der Waals surface area (Å²) in [6.45, 7) is 14.3. The molecule has 0 aromatic carbocycles. The number of hydrogen-bond acceptors (Lipinski definition) is 2. The summed E-state index contributed by atoms with van der Waals surface area (Å²) in [6.07, 6.45) is -1.04. The molecule has 0 aromatic rings. The largest absolute Gasteiger partial charge is 0.297 e. The van der Waals surface area contributed by atoms with Crippen LogP contribution in [0.5, 0.6) is 0 Å². The molecule has 0 aliphatic carbocycles. The van der Waals surface area contributed by atoms with Gasteiger partial charge in [-0.2, -0.15) is 0 Å². The highest BCUT2D eigenvalue weighted by Gasteiger charge is 2.50. The first-order chi connectivity index (χ1) is 7.46. The summed E-state index contributed by atoms with van der Waals surface area (Å²) in [5.41, 5.74) is -0.650. The van der Waals surface area contributed by atoms with Crippen LogP contribution in [0.2, 0.25) is 0 Å². The summed E-state index contributed by atoms with van der Waals surface area (Å²) in [7, 11) is 0. The van der Waals surface area contributed by atoms with Crippen LogP contribution in [0.3, 0.4) is 0 Å². The van der Waals surface area contributed by atoms with Crippen molar-refractivity contribution in [2.75, 3.05) is 6.54 Å². The van der Waals surface area contributed by atoms with Gasteiger partial charge in [0.1, 0.15) is 12.2 Å². The van der Waals surface area contributed by atoms with Crippen LogP contribution in [0, 0.1) is 11.3 Å². The molecule has 0 N–H and O–H groups in total. The van der Waals surface area contributed by atoms with Crippen LogP contribution in [-0.2, 0) is 4.79 Å². The van der Waals surface area contributed by atoms with Crippen LogP contribution in [-0.4, -0.2) is 35.0 Å². The first-order valence-corrected chi connectivity index (χ1v) is 6.41. The van der Waals surface area contributed by atoms with Gasteiger partial charge in [0.2, 0.25) is 0 Å². The van der Waals surface area contributed by atoms with Crippen LogP contribution in [0.4, 0.5) is 4.39 Å². The Balaban J connectivity index is 3.05. The third-order valence-electron chi connectivity index (χ3n) is 3.54. The standard InChI is InChI=1S/C14H26FNO/c1-9-8-16(14(5,6)7)11(10(9)15)12(17)13(2,3)4/h9-11H,8H2,1-7H3/t9-,10-,11-/m0/s1. The third-order valence-corrected chi connectivity index (χ3v) is 3.54. The Morgan fingerprint density at radius 3 is 2.00 bits per heavy atom. The lowest BCUT2D eigenvalue weighted by Gasteiger charge is -2.38. The van der Waals surface area contributed by atoms with Crippen LogP contribution < -0.4 is 0 Å². The van der Waals surface area contributed by atoms with E-state index in [0.29, 0.717) is 6.54 Å². The summed E-state index contributed by atoms with van der Waals surface area (Å²) in [6, 6.07) is -0.579. The number of hydrogen-bond donors (Lipinski definition) is 0. The zero-order valence-electron chi connectivity index (χ0n) is 12.2. The van der Waals surface area contributed by atoms with E-state index in [0.717, 1.165) is 0 Å². The average Bonchev–Trinajstić information content (AvgIpc) is 2.40. The van der Waals surface area contributed by atoms with Crippen molar-refractivity contribution in [1.29, 1.82) is 0 Å². The highest BCUT2D eigenvalue weighted by Crippen LogP contribution is 2.36. The van der Waals surface area contributed by atoms with Crippen molar-refractivity contribution >= 4 is 5.78 Å². The number of alkyl halides is 1. The Kier molecular flexibility index (Phi) is 3.73. The summed E-state index contributed by atoms with van der Waals surface area (Å²) in [4.78, 5) is 14.4. The monoisotopic (exact) mass is 243 g/mol. The Bertz CT molecular complexity index is 300. The highest BCUT2D eigenvalue weighted by atomic mass is 19.1. The van der Waals surface area contributed by atoms with E-state index in [1.54, 1.807) is 0 Å². The van der Waals surface area contributed by atoms with Crippen molar-refractivity contribution < 1.29 is 9.18 Å². The van der Waals surface area contributed by atoms with Crippen molar-refractivity contribution in [2.45, 2.75) is 66.2 Å². The van der Waals surface area contributed by atoms with Crippen LogP contribution in [0.1, 0.15) is 48.5 Å². The molecule has 3 atom stereocenters. The predicted molar refractivity (Wildman–Crippen MR) is 68.8 cm³/mol. The van der Waals surface area contributed by atoms with Gasteiger partial charge in [-0.1, -0.05) is 27.7 Å². The number of Topliss-reactive ketones (excluding diaryl/α,β-unsaturated/α-hetero) is 1. The van der Waals surface area contributed by atoms with Gasteiger partial charge in [-0.3, -0.25) is 9.69 Å². The Hall–Kier alpha value is -0.440. The topological polar surface area (TPSA) is 20.3 Å². The number of carbonyl (C=O) groups excluding carboxylic acids is 1. The van der Waals surface area contributed by atoms with Crippen LogP contribution in [0.15, 0.2) is 0 Å². The Morgan fingerprint density at radius 2 is 1.65 bits per heavy atom. The minimum absolute atomic E-state index is 0.0178. The van der Waals surface area contributed by atoms with Gasteiger partial charge in [-0.25, -0.2) is 4.39 Å². The first-order valence-electron chi connectivity index (χ1n) is 6.41. The first kappa shape index (κ1) is 14.6. The normalized spacial score (nSPS) is 31.9. The average molecular weight is 243 g/mol. The second kappa shape index (κ2) is 4.34. The van der Waals surface area contributed by atoms with Gasteiger partial charge in [0.15, 0.2) is 5.78 Å². The second-order valence-electron chi connectivity index (χ2n) is 7.30. The molecule has 0 aromatic heterocycles. The molecule has 2 nitrogen and oxygen atoms in total. The molecule has 17 heavy (non-hydrogen) atoms. The van der Waals surface area contributed by atoms with Crippen molar-refractivity contribution in [2.24, 2.45) is 11.3 Å². The van der Waals surface area contributed by atoms with Crippen molar-refractivity contribution in [3.8, 4) is 0 Å². The molecule has 1 rings (SSSR count). The minimum Gasteiger partial charge on any atom is -0.297 e. The molecule has 0 bridgehead atoms. The van der Waals surface area contributed by atoms with Gasteiger partial charge < -0.3 is 0 Å². The molecule has 0 spiro atoms. The molecule has 0 saturated carbocycles. The van der Waals surface area contributed by atoms with E-state index >= 15 is 0 Å². The molecule has 1 saturated heterocycles. The third kappa shape index (κ3) is 2.87. The lowest BCUT2D eigenvalue weighted by atomic mass is 9.83. The molecule has 1 heterocycles. The number of halogens is 1. The molecule has 0 amide bonds. The summed E-state index contributed by atoms with van der Waals surface area (Å²) in [5, 5.41) is 0. The molecule has 0 unspecified atom stereocenters. The van der Waals surface area contributed by atoms with Crippen molar-refractivity contribution in [3.05, 3.63) is 0 Å². The molecular weight excluding hydrogens is 217 g/mol. The zero-order chi connectivity index (χ0) is 13.6. The second-order valence-corrected chi connectivity index (χ2v) is 7.30. The Morgan fingerprint density at radius 1 is 1.18 bits per heavy atom. The van der Waals surface area contributed by atoms with Crippen LogP contribution in [0.25, 0.3) is 0 Å². The van der Waals surface area contributed by atoms with E-state index in [2.05, 4.69) is 0 Å². The van der Waals surface area contributed by atoms with Gasteiger partial charge in [-0.05, 0) is 20.8 Å². The fourth-order valence-corrected chi connectivity index (χ4v) is 2.43. The number of carbonyl (C=O) groups is 1. The summed E-state index contributed by atoms with van der Waals surface area (Å²) >= 11 is 0. The number of ketones is 1. The fraction of sp³-hybridized carbons (Fsp3) is 0.929. The zero-order valence-corrected chi connectivity index (χ0v) is 12.2. The lowest BCUT2D eigenvalue weighted by Crippen LogP contribution is -2.53. The Labute approximate surface area is 105 Å². The SMILES string of the molecule is C[C@H]1CN(C(C)(C)C)[C@H](C(=O)C(C)(C)C)[C@H]1F. The predicted octanol–water partition coefficient (Wildman–Crippen LogP) is 3.06. The van der Waals surface area contributed by atoms with E-state index in [1.807, 2.05) is 53.4 Å². The molecule has 100 valence electrons. The van der Waals surface area contributed by atoms with Gasteiger partial charge in [0.25, 0.3) is 0 Å². The van der Waals surface area contributed by atoms with Gasteiger partial charge in [0, 0.05) is 23.4 Å². The molecule has 0 radical (unpaired) electrons. The van der Waals surface area contributed by atoms with Gasteiger partial charge >= 0.3 is 0 Å². The van der Waals surface area contributed by atoms with E-state index in [9.17, 15) is 9.18 Å². The molecule has 3 heteroatoms. The number of rotatable bonds is 1. The maximum Gasteiger partial charge on any atom is 0.158 e. The van der Waals surface area contributed by atoms with Crippen molar-refractivity contribution in [1.82, 2.24) is 4.90 Å². The highest BCUT2D eigenvalue weighted by molar-refractivity contribution is 5.89. The van der Waals surface area contributed by atoms with Crippen LogP contribution >= 0.6 is 0 Å². The van der Waals surface area contributed by atoms with Gasteiger partial charge in [-0.15, -0.1) is 0 Å². The lowest BCUT2D eigenvalue weighted by molar-refractivity contribution is -0.134. The van der Waals surface area contributed by atoms with E-state index in [4.69, 9.17) is 0 Å². The molecule has 1 fully saturated rings. The van der Waals surface area contributed by atoms with E-state index in [1.165, 1.54) is 0 Å². The van der Waals surface area contributed by atoms with Gasteiger partial charge in [0.05, 0.1) is 0 Å². The van der Waals surface area contributed by atoms with Crippen molar-refractivity contribution in [3.63, 3.8) is 0 Å². The smallest absolute Gasteiger partial charge is 0.158 e. The quantitative estimate of drug-likeness (QED) is 0.705. The summed E-state index contributed by atoms with van der Waals surface area (Å²) < 4.78 is 14.3. The number of likely N-dealkylation sites (tertiary alicyclic amines) is 1. The molecule has 1 aliphatic rings. The maximum absolute atomic E-state index is 14.3. The molecular formula is C14H26FNO.